The number of fused-ring (bicyclic) bond motifs is 3. The van der Waals surface area contributed by atoms with Crippen LogP contribution in [0.25, 0.3) is 72.0 Å². The van der Waals surface area contributed by atoms with Crippen molar-refractivity contribution in [2.45, 2.75) is 0 Å². The molecule has 9 aromatic carbocycles. The van der Waals surface area contributed by atoms with Crippen LogP contribution in [-0.2, 0) is 0 Å². The summed E-state index contributed by atoms with van der Waals surface area (Å²) in [5.41, 5.74) is 16.5. The molecule has 1 heterocycles. The van der Waals surface area contributed by atoms with Gasteiger partial charge in [-0.25, -0.2) is 0 Å². The minimum absolute atomic E-state index is 1.10. The fourth-order valence-corrected chi connectivity index (χ4v) is 8.05. The quantitative estimate of drug-likeness (QED) is 0.152. The second-order valence-electron chi connectivity index (χ2n) is 14.2. The smallest absolute Gasteiger partial charge is 0.0562 e. The number of para-hydroxylation sites is 2. The Labute approximate surface area is 327 Å². The maximum atomic E-state index is 2.41. The summed E-state index contributed by atoms with van der Waals surface area (Å²) in [5.74, 6) is 0. The third-order valence-electron chi connectivity index (χ3n) is 10.8. The molecule has 0 saturated heterocycles. The Hall–Kier alpha value is -7.42. The molecule has 0 saturated carbocycles. The van der Waals surface area contributed by atoms with E-state index in [4.69, 9.17) is 0 Å². The standard InChI is InChI=1S/C54H38N2/c1-4-13-39(14-5-1)41-23-27-43(28-24-41)45-31-35-48(36-32-45)55(49-37-33-46(34-38-49)44-29-25-42(26-30-44)40-15-6-2-7-16-40)52-21-12-22-53-54(52)50-19-10-11-20-51(50)56(53)47-17-8-3-9-18-47/h1-38H. The molecular weight excluding hydrogens is 677 g/mol. The largest absolute Gasteiger partial charge is 0.310 e. The molecule has 0 N–H and O–H groups in total. The van der Waals surface area contributed by atoms with Gasteiger partial charge in [0, 0.05) is 27.8 Å². The van der Waals surface area contributed by atoms with E-state index < -0.39 is 0 Å². The summed E-state index contributed by atoms with van der Waals surface area (Å²) in [6.07, 6.45) is 0. The Bertz CT molecular complexity index is 2770. The lowest BCUT2D eigenvalue weighted by molar-refractivity contribution is 1.18. The van der Waals surface area contributed by atoms with Gasteiger partial charge in [-0.3, -0.25) is 0 Å². The molecule has 0 aliphatic heterocycles. The van der Waals surface area contributed by atoms with Crippen LogP contribution < -0.4 is 4.90 Å². The maximum Gasteiger partial charge on any atom is 0.0562 e. The Balaban J connectivity index is 1.08. The Morgan fingerprint density at radius 2 is 0.625 bits per heavy atom. The van der Waals surface area contributed by atoms with Crippen molar-refractivity contribution in [3.05, 3.63) is 231 Å². The van der Waals surface area contributed by atoms with E-state index in [-0.39, 0.29) is 0 Å². The predicted molar refractivity (Wildman–Crippen MR) is 237 cm³/mol. The van der Waals surface area contributed by atoms with Crippen LogP contribution in [0.5, 0.6) is 0 Å². The summed E-state index contributed by atoms with van der Waals surface area (Å²) in [4.78, 5) is 2.41. The van der Waals surface area contributed by atoms with Crippen molar-refractivity contribution in [1.29, 1.82) is 0 Å². The number of hydrogen-bond donors (Lipinski definition) is 0. The molecule has 264 valence electrons. The molecule has 0 spiro atoms. The number of aromatic nitrogens is 1. The second-order valence-corrected chi connectivity index (χ2v) is 14.2. The molecule has 0 aliphatic carbocycles. The van der Waals surface area contributed by atoms with Crippen LogP contribution in [0, 0.1) is 0 Å². The lowest BCUT2D eigenvalue weighted by Crippen LogP contribution is -2.10. The van der Waals surface area contributed by atoms with Crippen molar-refractivity contribution in [2.75, 3.05) is 4.90 Å². The summed E-state index contributed by atoms with van der Waals surface area (Å²) < 4.78 is 2.39. The molecule has 1 aromatic heterocycles. The fraction of sp³-hybridized carbons (Fsp3) is 0. The van der Waals surface area contributed by atoms with E-state index in [0.717, 1.165) is 22.7 Å². The SMILES string of the molecule is c1ccc(-c2ccc(-c3ccc(N(c4ccc(-c5ccc(-c6ccccc6)cc5)cc4)c4cccc5c4c4ccccc4n5-c4ccccc4)cc3)cc2)cc1. The average molecular weight is 715 g/mol. The molecule has 0 atom stereocenters. The van der Waals surface area contributed by atoms with E-state index in [0.29, 0.717) is 0 Å². The number of nitrogens with zero attached hydrogens (tertiary/aromatic N) is 2. The zero-order valence-corrected chi connectivity index (χ0v) is 30.8. The van der Waals surface area contributed by atoms with Crippen molar-refractivity contribution in [1.82, 2.24) is 4.57 Å². The normalized spacial score (nSPS) is 11.2. The zero-order valence-electron chi connectivity index (χ0n) is 30.8. The van der Waals surface area contributed by atoms with Gasteiger partial charge in [0.05, 0.1) is 16.7 Å². The molecule has 0 fully saturated rings. The molecule has 0 radical (unpaired) electrons. The van der Waals surface area contributed by atoms with E-state index in [1.54, 1.807) is 0 Å². The van der Waals surface area contributed by atoms with Gasteiger partial charge in [-0.05, 0) is 99.1 Å². The van der Waals surface area contributed by atoms with Crippen LogP contribution >= 0.6 is 0 Å². The van der Waals surface area contributed by atoms with Crippen molar-refractivity contribution in [3.8, 4) is 50.2 Å². The van der Waals surface area contributed by atoms with E-state index in [1.165, 1.54) is 66.3 Å². The first-order valence-electron chi connectivity index (χ1n) is 19.2. The topological polar surface area (TPSA) is 8.17 Å². The highest BCUT2D eigenvalue weighted by atomic mass is 15.1. The fourth-order valence-electron chi connectivity index (χ4n) is 8.05. The van der Waals surface area contributed by atoms with E-state index in [9.17, 15) is 0 Å². The van der Waals surface area contributed by atoms with Crippen LogP contribution in [0.1, 0.15) is 0 Å². The predicted octanol–water partition coefficient (Wildman–Crippen LogP) is 14.9. The Morgan fingerprint density at radius 3 is 1.09 bits per heavy atom. The third kappa shape index (κ3) is 6.14. The Morgan fingerprint density at radius 1 is 0.268 bits per heavy atom. The van der Waals surface area contributed by atoms with Gasteiger partial charge in [0.1, 0.15) is 0 Å². The molecule has 0 aliphatic rings. The van der Waals surface area contributed by atoms with Crippen LogP contribution in [0.3, 0.4) is 0 Å². The monoisotopic (exact) mass is 714 g/mol. The first-order chi connectivity index (χ1) is 27.8. The van der Waals surface area contributed by atoms with Gasteiger partial charge in [-0.2, -0.15) is 0 Å². The lowest BCUT2D eigenvalue weighted by atomic mass is 9.99. The van der Waals surface area contributed by atoms with Gasteiger partial charge in [0.15, 0.2) is 0 Å². The van der Waals surface area contributed by atoms with Crippen molar-refractivity contribution < 1.29 is 0 Å². The first-order valence-corrected chi connectivity index (χ1v) is 19.2. The lowest BCUT2D eigenvalue weighted by Gasteiger charge is -2.27. The summed E-state index contributed by atoms with van der Waals surface area (Å²) in [6, 6.07) is 83.0. The Kier molecular flexibility index (Phi) is 8.55. The number of rotatable bonds is 8. The van der Waals surface area contributed by atoms with Gasteiger partial charge < -0.3 is 9.47 Å². The van der Waals surface area contributed by atoms with Gasteiger partial charge in [-0.1, -0.05) is 176 Å². The van der Waals surface area contributed by atoms with Crippen molar-refractivity contribution in [3.63, 3.8) is 0 Å². The molecule has 0 unspecified atom stereocenters. The highest BCUT2D eigenvalue weighted by molar-refractivity contribution is 6.16. The zero-order chi connectivity index (χ0) is 37.3. The van der Waals surface area contributed by atoms with Gasteiger partial charge in [0.2, 0.25) is 0 Å². The average Bonchev–Trinajstić information content (AvgIpc) is 3.63. The number of benzene rings is 9. The molecular formula is C54H38N2. The van der Waals surface area contributed by atoms with Crippen molar-refractivity contribution in [2.24, 2.45) is 0 Å². The van der Waals surface area contributed by atoms with Crippen molar-refractivity contribution >= 4 is 38.9 Å². The summed E-state index contributed by atoms with van der Waals surface area (Å²) in [5, 5.41) is 2.44. The highest BCUT2D eigenvalue weighted by Gasteiger charge is 2.21. The summed E-state index contributed by atoms with van der Waals surface area (Å²) in [7, 11) is 0. The molecule has 56 heavy (non-hydrogen) atoms. The minimum atomic E-state index is 1.10. The van der Waals surface area contributed by atoms with Crippen LogP contribution in [0.2, 0.25) is 0 Å². The van der Waals surface area contributed by atoms with Gasteiger partial charge in [0.25, 0.3) is 0 Å². The van der Waals surface area contributed by atoms with E-state index in [1.807, 2.05) is 0 Å². The van der Waals surface area contributed by atoms with Crippen LogP contribution in [0.4, 0.5) is 17.1 Å². The third-order valence-corrected chi connectivity index (χ3v) is 10.8. The molecule has 10 aromatic rings. The van der Waals surface area contributed by atoms with Gasteiger partial charge >= 0.3 is 0 Å². The molecule has 10 rings (SSSR count). The van der Waals surface area contributed by atoms with E-state index in [2.05, 4.69) is 240 Å². The van der Waals surface area contributed by atoms with Crippen LogP contribution in [-0.4, -0.2) is 4.57 Å². The maximum absolute atomic E-state index is 2.41. The van der Waals surface area contributed by atoms with E-state index >= 15 is 0 Å². The minimum Gasteiger partial charge on any atom is -0.310 e. The summed E-state index contributed by atoms with van der Waals surface area (Å²) in [6.45, 7) is 0. The molecule has 2 heteroatoms. The number of anilines is 3. The summed E-state index contributed by atoms with van der Waals surface area (Å²) >= 11 is 0. The molecule has 0 bridgehead atoms. The first kappa shape index (κ1) is 33.2. The number of hydrogen-bond acceptors (Lipinski definition) is 1. The molecule has 0 amide bonds. The highest BCUT2D eigenvalue weighted by Crippen LogP contribution is 2.44. The van der Waals surface area contributed by atoms with Crippen LogP contribution in [0.15, 0.2) is 231 Å². The van der Waals surface area contributed by atoms with Gasteiger partial charge in [-0.15, -0.1) is 0 Å². The second kappa shape index (κ2) is 14.4. The molecule has 2 nitrogen and oxygen atoms in total.